The Kier molecular flexibility index (Phi) is 3.15. The molecule has 1 saturated heterocycles. The molecule has 0 bridgehead atoms. The van der Waals surface area contributed by atoms with Crippen molar-refractivity contribution in [3.8, 4) is 0 Å². The van der Waals surface area contributed by atoms with Crippen LogP contribution < -0.4 is 0 Å². The topological polar surface area (TPSA) is 75.4 Å². The third-order valence-electron chi connectivity index (χ3n) is 3.87. The molecule has 2 heterocycles. The van der Waals surface area contributed by atoms with Crippen LogP contribution in [0.3, 0.4) is 0 Å². The van der Waals surface area contributed by atoms with Crippen molar-refractivity contribution in [2.45, 2.75) is 52.1 Å². The number of carboxylic acids is 1. The van der Waals surface area contributed by atoms with E-state index in [4.69, 9.17) is 0 Å². The van der Waals surface area contributed by atoms with E-state index in [0.717, 1.165) is 5.69 Å². The van der Waals surface area contributed by atoms with E-state index in [2.05, 4.69) is 5.10 Å². The zero-order chi connectivity index (χ0) is 15.3. The normalized spacial score (nSPS) is 22.6. The lowest BCUT2D eigenvalue weighted by atomic mass is 9.86. The second kappa shape index (κ2) is 4.33. The number of rotatable bonds is 2. The summed E-state index contributed by atoms with van der Waals surface area (Å²) in [6.45, 7) is 9.94. The van der Waals surface area contributed by atoms with Gasteiger partial charge in [-0.3, -0.25) is 9.48 Å². The van der Waals surface area contributed by atoms with Crippen molar-refractivity contribution in [2.24, 2.45) is 0 Å². The molecule has 1 atom stereocenters. The van der Waals surface area contributed by atoms with Gasteiger partial charge in [-0.2, -0.15) is 5.10 Å². The Hall–Kier alpha value is -1.85. The van der Waals surface area contributed by atoms with Gasteiger partial charge in [0, 0.05) is 12.2 Å². The molecule has 0 aromatic carbocycles. The first-order valence-electron chi connectivity index (χ1n) is 6.70. The maximum Gasteiger partial charge on any atom is 0.329 e. The summed E-state index contributed by atoms with van der Waals surface area (Å²) in [6.07, 6.45) is 0.479. The largest absolute Gasteiger partial charge is 0.480 e. The van der Waals surface area contributed by atoms with E-state index in [1.807, 2.05) is 27.7 Å². The Morgan fingerprint density at radius 3 is 2.35 bits per heavy atom. The summed E-state index contributed by atoms with van der Waals surface area (Å²) in [6, 6.07) is 1.72. The zero-order valence-electron chi connectivity index (χ0n) is 12.6. The number of carbonyl (C=O) groups is 2. The number of aliphatic carboxylic acids is 1. The Labute approximate surface area is 118 Å². The molecule has 1 fully saturated rings. The van der Waals surface area contributed by atoms with Crippen molar-refractivity contribution in [3.63, 3.8) is 0 Å². The monoisotopic (exact) mass is 279 g/mol. The lowest BCUT2D eigenvalue weighted by Gasteiger charge is -2.46. The highest BCUT2D eigenvalue weighted by atomic mass is 16.4. The Morgan fingerprint density at radius 2 is 2.00 bits per heavy atom. The van der Waals surface area contributed by atoms with Crippen LogP contribution in [0.1, 0.15) is 50.3 Å². The van der Waals surface area contributed by atoms with Crippen LogP contribution in [0.25, 0.3) is 0 Å². The number of likely N-dealkylation sites (tertiary alicyclic amines) is 1. The molecule has 6 nitrogen and oxygen atoms in total. The lowest BCUT2D eigenvalue weighted by molar-refractivity contribution is -0.155. The standard InChI is InChI=1S/C14H21N3O3/c1-9-8-10(15-17(9)13(2,3)4)11(18)16-7-6-14(16,5)12(19)20/h8H,6-7H2,1-5H3,(H,19,20). The van der Waals surface area contributed by atoms with Crippen molar-refractivity contribution >= 4 is 11.9 Å². The molecule has 0 aliphatic carbocycles. The van der Waals surface area contributed by atoms with Crippen LogP contribution >= 0.6 is 0 Å². The minimum Gasteiger partial charge on any atom is -0.480 e. The van der Waals surface area contributed by atoms with E-state index in [-0.39, 0.29) is 11.4 Å². The van der Waals surface area contributed by atoms with Gasteiger partial charge in [0.2, 0.25) is 0 Å². The van der Waals surface area contributed by atoms with E-state index in [0.29, 0.717) is 18.7 Å². The highest BCUT2D eigenvalue weighted by Gasteiger charge is 2.50. The quantitative estimate of drug-likeness (QED) is 0.893. The summed E-state index contributed by atoms with van der Waals surface area (Å²) in [7, 11) is 0. The highest BCUT2D eigenvalue weighted by molar-refractivity contribution is 5.97. The first kappa shape index (κ1) is 14.6. The van der Waals surface area contributed by atoms with Gasteiger partial charge in [0.25, 0.3) is 5.91 Å². The van der Waals surface area contributed by atoms with Gasteiger partial charge < -0.3 is 10.0 Å². The molecule has 0 radical (unpaired) electrons. The van der Waals surface area contributed by atoms with Crippen molar-refractivity contribution in [3.05, 3.63) is 17.5 Å². The molecule has 1 aromatic rings. The third kappa shape index (κ3) is 2.09. The average Bonchev–Trinajstić information content (AvgIpc) is 2.68. The molecule has 1 N–H and O–H groups in total. The SMILES string of the molecule is Cc1cc(C(=O)N2CCC2(C)C(=O)O)nn1C(C)(C)C. The van der Waals surface area contributed by atoms with Crippen LogP contribution in [0, 0.1) is 6.92 Å². The van der Waals surface area contributed by atoms with Gasteiger partial charge in [0.05, 0.1) is 5.54 Å². The van der Waals surface area contributed by atoms with Gasteiger partial charge in [0.1, 0.15) is 5.54 Å². The Bertz CT molecular complexity index is 571. The first-order valence-corrected chi connectivity index (χ1v) is 6.70. The molecule has 1 aromatic heterocycles. The van der Waals surface area contributed by atoms with Crippen LogP contribution in [0.5, 0.6) is 0 Å². The van der Waals surface area contributed by atoms with E-state index < -0.39 is 11.5 Å². The predicted octanol–water partition coefficient (Wildman–Crippen LogP) is 1.64. The second-order valence-corrected chi connectivity index (χ2v) is 6.54. The fourth-order valence-electron chi connectivity index (χ4n) is 2.50. The summed E-state index contributed by atoms with van der Waals surface area (Å²) < 4.78 is 1.79. The fraction of sp³-hybridized carbons (Fsp3) is 0.643. The van der Waals surface area contributed by atoms with Crippen LogP contribution in [-0.4, -0.2) is 43.7 Å². The molecule has 110 valence electrons. The van der Waals surface area contributed by atoms with Crippen molar-refractivity contribution < 1.29 is 14.7 Å². The Morgan fingerprint density at radius 1 is 1.40 bits per heavy atom. The van der Waals surface area contributed by atoms with Crippen LogP contribution in [-0.2, 0) is 10.3 Å². The molecule has 6 heteroatoms. The van der Waals surface area contributed by atoms with Crippen LogP contribution in [0.4, 0.5) is 0 Å². The maximum absolute atomic E-state index is 12.4. The van der Waals surface area contributed by atoms with E-state index in [9.17, 15) is 14.7 Å². The molecule has 0 spiro atoms. The predicted molar refractivity (Wildman–Crippen MR) is 73.7 cm³/mol. The van der Waals surface area contributed by atoms with E-state index in [1.54, 1.807) is 17.7 Å². The molecular formula is C14H21N3O3. The fourth-order valence-corrected chi connectivity index (χ4v) is 2.50. The summed E-state index contributed by atoms with van der Waals surface area (Å²) in [5, 5.41) is 13.6. The number of hydrogen-bond donors (Lipinski definition) is 1. The molecular weight excluding hydrogens is 258 g/mol. The smallest absolute Gasteiger partial charge is 0.329 e. The van der Waals surface area contributed by atoms with Crippen LogP contribution in [0.15, 0.2) is 6.07 Å². The lowest BCUT2D eigenvalue weighted by Crippen LogP contribution is -2.64. The zero-order valence-corrected chi connectivity index (χ0v) is 12.6. The molecule has 20 heavy (non-hydrogen) atoms. The molecule has 2 rings (SSSR count). The average molecular weight is 279 g/mol. The molecule has 0 saturated carbocycles. The van der Waals surface area contributed by atoms with Gasteiger partial charge in [-0.1, -0.05) is 0 Å². The van der Waals surface area contributed by atoms with Gasteiger partial charge in [-0.25, -0.2) is 4.79 Å². The number of aromatic nitrogens is 2. The van der Waals surface area contributed by atoms with Crippen molar-refractivity contribution in [1.82, 2.24) is 14.7 Å². The van der Waals surface area contributed by atoms with Crippen LogP contribution in [0.2, 0.25) is 0 Å². The number of hydrogen-bond acceptors (Lipinski definition) is 3. The maximum atomic E-state index is 12.4. The summed E-state index contributed by atoms with van der Waals surface area (Å²) in [5.41, 5.74) is -0.118. The number of amides is 1. The molecule has 1 amide bonds. The third-order valence-corrected chi connectivity index (χ3v) is 3.87. The van der Waals surface area contributed by atoms with Gasteiger partial charge in [-0.05, 0) is 47.1 Å². The van der Waals surface area contributed by atoms with E-state index >= 15 is 0 Å². The van der Waals surface area contributed by atoms with E-state index in [1.165, 1.54) is 4.90 Å². The second-order valence-electron chi connectivity index (χ2n) is 6.54. The number of carbonyl (C=O) groups excluding carboxylic acids is 1. The number of carboxylic acid groups (broad SMARTS) is 1. The number of aryl methyl sites for hydroxylation is 1. The first-order chi connectivity index (χ1) is 9.07. The van der Waals surface area contributed by atoms with Gasteiger partial charge >= 0.3 is 5.97 Å². The molecule has 1 unspecified atom stereocenters. The Balaban J connectivity index is 2.30. The summed E-state index contributed by atoms with van der Waals surface area (Å²) >= 11 is 0. The minimum absolute atomic E-state index is 0.215. The summed E-state index contributed by atoms with van der Waals surface area (Å²) in [4.78, 5) is 25.1. The summed E-state index contributed by atoms with van der Waals surface area (Å²) in [5.74, 6) is -1.28. The highest BCUT2D eigenvalue weighted by Crippen LogP contribution is 2.32. The number of nitrogens with zero attached hydrogens (tertiary/aromatic N) is 3. The van der Waals surface area contributed by atoms with Crippen molar-refractivity contribution in [1.29, 1.82) is 0 Å². The van der Waals surface area contributed by atoms with Crippen molar-refractivity contribution in [2.75, 3.05) is 6.54 Å². The molecule has 1 aliphatic heterocycles. The molecule has 1 aliphatic rings. The van der Waals surface area contributed by atoms with Gasteiger partial charge in [-0.15, -0.1) is 0 Å². The van der Waals surface area contributed by atoms with Gasteiger partial charge in [0.15, 0.2) is 5.69 Å². The minimum atomic E-state index is -1.10.